The Labute approximate surface area is 195 Å². The fourth-order valence-electron chi connectivity index (χ4n) is 4.10. The van der Waals surface area contributed by atoms with Crippen LogP contribution >= 0.6 is 0 Å². The summed E-state index contributed by atoms with van der Waals surface area (Å²) in [4.78, 5) is 12.7. The Balaban J connectivity index is 1.37. The smallest absolute Gasteiger partial charge is 0.289 e. The zero-order valence-corrected chi connectivity index (χ0v) is 18.7. The molecule has 0 radical (unpaired) electrons. The van der Waals surface area contributed by atoms with Crippen LogP contribution in [-0.2, 0) is 0 Å². The molecule has 0 unspecified atom stereocenters. The van der Waals surface area contributed by atoms with Gasteiger partial charge in [-0.05, 0) is 29.8 Å². The highest BCUT2D eigenvalue weighted by Crippen LogP contribution is 2.26. The first-order valence-corrected chi connectivity index (χ1v) is 10.8. The third-order valence-corrected chi connectivity index (χ3v) is 5.75. The van der Waals surface area contributed by atoms with Crippen molar-refractivity contribution >= 4 is 22.9 Å². The molecule has 0 aliphatic rings. The number of phenolic OH excluding ortho intramolecular Hbond substituents is 1. The number of phenols is 1. The SMILES string of the molecule is Cc1[nH][n+](-c2ccccc2)c(C)c1-c1cc(C(=O)NN=Cc2c(O)ccc3ccccc23)[nH]n1. The molecule has 0 fully saturated rings. The first-order valence-electron chi connectivity index (χ1n) is 10.8. The van der Waals surface area contributed by atoms with E-state index >= 15 is 0 Å². The van der Waals surface area contributed by atoms with Gasteiger partial charge in [-0.1, -0.05) is 53.2 Å². The Morgan fingerprint density at radius 2 is 1.82 bits per heavy atom. The number of aromatic nitrogens is 4. The molecular weight excluding hydrogens is 428 g/mol. The number of nitrogens with one attached hydrogen (secondary N) is 3. The van der Waals surface area contributed by atoms with Crippen molar-refractivity contribution in [3.63, 3.8) is 0 Å². The van der Waals surface area contributed by atoms with Gasteiger partial charge in [-0.25, -0.2) is 5.43 Å². The number of aromatic amines is 2. The molecule has 0 aliphatic heterocycles. The maximum absolute atomic E-state index is 12.7. The van der Waals surface area contributed by atoms with Crippen molar-refractivity contribution in [2.45, 2.75) is 13.8 Å². The molecule has 0 bridgehead atoms. The highest BCUT2D eigenvalue weighted by molar-refractivity contribution is 6.03. The van der Waals surface area contributed by atoms with Crippen molar-refractivity contribution in [1.82, 2.24) is 20.7 Å². The van der Waals surface area contributed by atoms with E-state index in [1.54, 1.807) is 12.1 Å². The highest BCUT2D eigenvalue weighted by atomic mass is 16.3. The zero-order chi connectivity index (χ0) is 23.7. The second-order valence-corrected chi connectivity index (χ2v) is 7.95. The molecule has 5 aromatic rings. The van der Waals surface area contributed by atoms with Crippen LogP contribution in [0.3, 0.4) is 0 Å². The van der Waals surface area contributed by atoms with Crippen molar-refractivity contribution in [3.05, 3.63) is 95.4 Å². The van der Waals surface area contributed by atoms with E-state index in [0.717, 1.165) is 33.4 Å². The molecule has 3 aromatic carbocycles. The molecule has 0 aliphatic carbocycles. The van der Waals surface area contributed by atoms with Crippen molar-refractivity contribution < 1.29 is 14.6 Å². The third-order valence-electron chi connectivity index (χ3n) is 5.75. The topological polar surface area (TPSA) is 110 Å². The predicted molar refractivity (Wildman–Crippen MR) is 130 cm³/mol. The van der Waals surface area contributed by atoms with Gasteiger partial charge in [0.2, 0.25) is 11.4 Å². The number of H-pyrrole nitrogens is 2. The zero-order valence-electron chi connectivity index (χ0n) is 18.7. The second kappa shape index (κ2) is 8.67. The molecule has 2 heterocycles. The third kappa shape index (κ3) is 3.81. The average molecular weight is 452 g/mol. The second-order valence-electron chi connectivity index (χ2n) is 7.95. The van der Waals surface area contributed by atoms with Crippen LogP contribution in [0, 0.1) is 13.8 Å². The largest absolute Gasteiger partial charge is 0.507 e. The van der Waals surface area contributed by atoms with Gasteiger partial charge in [0.05, 0.1) is 17.5 Å². The number of nitrogens with zero attached hydrogens (tertiary/aromatic N) is 3. The lowest BCUT2D eigenvalue weighted by Crippen LogP contribution is -2.35. The van der Waals surface area contributed by atoms with Crippen LogP contribution in [0.1, 0.15) is 27.4 Å². The van der Waals surface area contributed by atoms with E-state index in [9.17, 15) is 9.90 Å². The average Bonchev–Trinajstić information content (AvgIpc) is 3.45. The summed E-state index contributed by atoms with van der Waals surface area (Å²) in [6.45, 7) is 3.97. The van der Waals surface area contributed by atoms with Gasteiger partial charge in [0, 0.05) is 24.6 Å². The number of amides is 1. The minimum atomic E-state index is -0.434. The fourth-order valence-corrected chi connectivity index (χ4v) is 4.10. The summed E-state index contributed by atoms with van der Waals surface area (Å²) in [6.07, 6.45) is 1.44. The van der Waals surface area contributed by atoms with Gasteiger partial charge in [0.25, 0.3) is 5.91 Å². The molecule has 0 saturated heterocycles. The van der Waals surface area contributed by atoms with E-state index in [2.05, 4.69) is 25.8 Å². The molecule has 8 nitrogen and oxygen atoms in total. The van der Waals surface area contributed by atoms with Gasteiger partial charge in [0.15, 0.2) is 0 Å². The normalized spacial score (nSPS) is 11.4. The van der Waals surface area contributed by atoms with Gasteiger partial charge in [-0.2, -0.15) is 15.3 Å². The summed E-state index contributed by atoms with van der Waals surface area (Å²) < 4.78 is 1.99. The summed E-state index contributed by atoms with van der Waals surface area (Å²) in [5, 5.41) is 26.6. The van der Waals surface area contributed by atoms with Gasteiger partial charge in [-0.15, -0.1) is 0 Å². The van der Waals surface area contributed by atoms with E-state index in [1.165, 1.54) is 6.21 Å². The molecule has 5 rings (SSSR count). The van der Waals surface area contributed by atoms with Crippen LogP contribution in [0.5, 0.6) is 5.75 Å². The van der Waals surface area contributed by atoms with Gasteiger partial charge in [-0.3, -0.25) is 9.89 Å². The number of aromatic hydroxyl groups is 1. The van der Waals surface area contributed by atoms with Gasteiger partial charge < -0.3 is 5.11 Å². The number of hydrazone groups is 1. The minimum Gasteiger partial charge on any atom is -0.507 e. The molecule has 34 heavy (non-hydrogen) atoms. The molecule has 8 heteroatoms. The van der Waals surface area contributed by atoms with Crippen LogP contribution in [-0.4, -0.2) is 32.5 Å². The fraction of sp³-hybridized carbons (Fsp3) is 0.0769. The summed E-state index contributed by atoms with van der Waals surface area (Å²) in [7, 11) is 0. The Morgan fingerprint density at radius 3 is 2.65 bits per heavy atom. The lowest BCUT2D eigenvalue weighted by atomic mass is 10.0. The van der Waals surface area contributed by atoms with Crippen LogP contribution in [0.4, 0.5) is 0 Å². The molecule has 1 amide bonds. The van der Waals surface area contributed by atoms with Crippen LogP contribution in [0.25, 0.3) is 27.7 Å². The van der Waals surface area contributed by atoms with Crippen LogP contribution in [0.15, 0.2) is 77.9 Å². The van der Waals surface area contributed by atoms with E-state index in [0.29, 0.717) is 11.3 Å². The molecule has 0 atom stereocenters. The van der Waals surface area contributed by atoms with Crippen molar-refractivity contribution in [2.24, 2.45) is 5.10 Å². The Hall–Kier alpha value is -4.72. The summed E-state index contributed by atoms with van der Waals surface area (Å²) in [6, 6.07) is 22.7. The maximum atomic E-state index is 12.7. The molecule has 168 valence electrons. The monoisotopic (exact) mass is 451 g/mol. The molecule has 2 aromatic heterocycles. The number of para-hydroxylation sites is 1. The summed E-state index contributed by atoms with van der Waals surface area (Å²) in [5.41, 5.74) is 7.81. The van der Waals surface area contributed by atoms with E-state index in [4.69, 9.17) is 0 Å². The highest BCUT2D eigenvalue weighted by Gasteiger charge is 2.24. The van der Waals surface area contributed by atoms with E-state index in [1.807, 2.05) is 79.2 Å². The van der Waals surface area contributed by atoms with E-state index in [-0.39, 0.29) is 11.4 Å². The van der Waals surface area contributed by atoms with Crippen molar-refractivity contribution in [3.8, 4) is 22.7 Å². The van der Waals surface area contributed by atoms with Crippen molar-refractivity contribution in [1.29, 1.82) is 0 Å². The standard InChI is InChI=1S/C26H22N6O2/c1-16-25(17(2)32(31-16)19-9-4-3-5-10-19)22-14-23(29-28-22)26(34)30-27-15-21-20-11-7-6-8-18(20)12-13-24(21)33/h3-15H,1-2H3,(H3,27,28,29,30,33,34)/p+1. The number of carbonyl (C=O) groups excluding carboxylic acids is 1. The summed E-state index contributed by atoms with van der Waals surface area (Å²) >= 11 is 0. The molecular formula is C26H23N6O2+. The number of hydrogen-bond donors (Lipinski definition) is 4. The number of benzene rings is 3. The Bertz CT molecular complexity index is 1530. The van der Waals surface area contributed by atoms with Crippen LogP contribution in [0.2, 0.25) is 0 Å². The number of hydrogen-bond acceptors (Lipinski definition) is 4. The first kappa shape index (κ1) is 21.1. The molecule has 4 N–H and O–H groups in total. The number of rotatable bonds is 5. The number of carbonyl (C=O) groups is 1. The lowest BCUT2D eigenvalue weighted by molar-refractivity contribution is -0.661. The van der Waals surface area contributed by atoms with Crippen LogP contribution < -0.4 is 10.1 Å². The lowest BCUT2D eigenvalue weighted by Gasteiger charge is -2.04. The predicted octanol–water partition coefficient (Wildman–Crippen LogP) is 3.92. The quantitative estimate of drug-likeness (QED) is 0.185. The summed E-state index contributed by atoms with van der Waals surface area (Å²) in [5.74, 6) is -0.345. The maximum Gasteiger partial charge on any atom is 0.289 e. The number of fused-ring (bicyclic) bond motifs is 1. The van der Waals surface area contributed by atoms with Gasteiger partial charge in [0.1, 0.15) is 17.1 Å². The Kier molecular flexibility index (Phi) is 5.39. The molecule has 0 spiro atoms. The first-order chi connectivity index (χ1) is 16.5. The van der Waals surface area contributed by atoms with E-state index < -0.39 is 5.91 Å². The minimum absolute atomic E-state index is 0.0886. The number of aryl methyl sites for hydroxylation is 1. The van der Waals surface area contributed by atoms with Crippen molar-refractivity contribution in [2.75, 3.05) is 0 Å². The van der Waals surface area contributed by atoms with Gasteiger partial charge >= 0.3 is 0 Å². The molecule has 0 saturated carbocycles. The Morgan fingerprint density at radius 1 is 1.06 bits per heavy atom.